The second-order valence-electron chi connectivity index (χ2n) is 6.65. The lowest BCUT2D eigenvalue weighted by Crippen LogP contribution is -2.37. The summed E-state index contributed by atoms with van der Waals surface area (Å²) in [5.41, 5.74) is 3.46. The molecule has 0 spiro atoms. The smallest absolute Gasteiger partial charge is 0.252 e. The predicted octanol–water partition coefficient (Wildman–Crippen LogP) is 3.08. The van der Waals surface area contributed by atoms with Gasteiger partial charge in [-0.3, -0.25) is 4.79 Å². The zero-order valence-corrected chi connectivity index (χ0v) is 16.5. The molecule has 2 aromatic carbocycles. The predicted molar refractivity (Wildman–Crippen MR) is 103 cm³/mol. The quantitative estimate of drug-likeness (QED) is 0.795. The molecule has 1 aliphatic rings. The first-order valence-electron chi connectivity index (χ1n) is 8.30. The summed E-state index contributed by atoms with van der Waals surface area (Å²) in [6.07, 6.45) is 0.166. The maximum absolute atomic E-state index is 12.7. The van der Waals surface area contributed by atoms with Crippen LogP contribution in [0.3, 0.4) is 0 Å². The zero-order valence-electron chi connectivity index (χ0n) is 14.9. The van der Waals surface area contributed by atoms with Gasteiger partial charge in [0.25, 0.3) is 5.91 Å². The van der Waals surface area contributed by atoms with Gasteiger partial charge in [0.05, 0.1) is 4.90 Å². The molecule has 1 amide bonds. The number of aryl methyl sites for hydroxylation is 2. The van der Waals surface area contributed by atoms with Gasteiger partial charge in [-0.1, -0.05) is 35.4 Å². The van der Waals surface area contributed by atoms with E-state index in [1.165, 1.54) is 4.90 Å². The van der Waals surface area contributed by atoms with Gasteiger partial charge < -0.3 is 4.90 Å². The van der Waals surface area contributed by atoms with Crippen molar-refractivity contribution >= 4 is 33.2 Å². The molecule has 1 aliphatic heterocycles. The number of rotatable bonds is 5. The Morgan fingerprint density at radius 1 is 1.08 bits per heavy atom. The van der Waals surface area contributed by atoms with Crippen LogP contribution in [0.5, 0.6) is 0 Å². The number of carbonyl (C=O) groups is 1. The molecule has 0 aromatic heterocycles. The standard InChI is InChI=1S/C19H21ClN2O3S/c1-13-4-7-15(8-5-13)26(24,25)21-11-10-19(20)16-12-14(2)6-9-17(16)22(3)18(19)23/h4-9,12,21H,10-11H2,1-3H3. The normalized spacial score (nSPS) is 19.7. The summed E-state index contributed by atoms with van der Waals surface area (Å²) in [5, 5.41) is 0. The summed E-state index contributed by atoms with van der Waals surface area (Å²) >= 11 is 6.69. The van der Waals surface area contributed by atoms with Gasteiger partial charge in [-0.2, -0.15) is 0 Å². The molecule has 5 nitrogen and oxygen atoms in total. The Morgan fingerprint density at radius 2 is 1.69 bits per heavy atom. The van der Waals surface area contributed by atoms with Gasteiger partial charge in [-0.15, -0.1) is 11.6 Å². The lowest BCUT2D eigenvalue weighted by Gasteiger charge is -2.21. The van der Waals surface area contributed by atoms with Crippen LogP contribution >= 0.6 is 11.6 Å². The second kappa shape index (κ2) is 6.68. The monoisotopic (exact) mass is 392 g/mol. The Balaban J connectivity index is 1.78. The molecule has 3 rings (SSSR count). The number of alkyl halides is 1. The topological polar surface area (TPSA) is 66.5 Å². The first-order chi connectivity index (χ1) is 12.1. The molecule has 26 heavy (non-hydrogen) atoms. The molecule has 1 heterocycles. The number of carbonyl (C=O) groups excluding carboxylic acids is 1. The Hall–Kier alpha value is -1.89. The molecular formula is C19H21ClN2O3S. The summed E-state index contributed by atoms with van der Waals surface area (Å²) in [6, 6.07) is 12.3. The minimum atomic E-state index is -3.65. The zero-order chi connectivity index (χ0) is 19.1. The van der Waals surface area contributed by atoms with Crippen LogP contribution in [0.2, 0.25) is 0 Å². The van der Waals surface area contributed by atoms with Gasteiger partial charge in [0.2, 0.25) is 10.0 Å². The Morgan fingerprint density at radius 3 is 2.35 bits per heavy atom. The molecule has 0 saturated carbocycles. The number of nitrogens with zero attached hydrogens (tertiary/aromatic N) is 1. The maximum atomic E-state index is 12.7. The number of sulfonamides is 1. The Labute approximate surface area is 159 Å². The summed E-state index contributed by atoms with van der Waals surface area (Å²) in [7, 11) is -1.97. The molecular weight excluding hydrogens is 372 g/mol. The largest absolute Gasteiger partial charge is 0.313 e. The highest BCUT2D eigenvalue weighted by molar-refractivity contribution is 7.89. The van der Waals surface area contributed by atoms with Crippen molar-refractivity contribution in [2.45, 2.75) is 30.0 Å². The van der Waals surface area contributed by atoms with Crippen LogP contribution in [0.15, 0.2) is 47.4 Å². The fourth-order valence-electron chi connectivity index (χ4n) is 3.15. The van der Waals surface area contributed by atoms with E-state index in [2.05, 4.69) is 4.72 Å². The molecule has 0 aliphatic carbocycles. The van der Waals surface area contributed by atoms with Crippen LogP contribution in [0.4, 0.5) is 5.69 Å². The number of hydrogen-bond acceptors (Lipinski definition) is 3. The van der Waals surface area contributed by atoms with E-state index < -0.39 is 14.9 Å². The number of halogens is 1. The van der Waals surface area contributed by atoms with Gasteiger partial charge in [-0.05, 0) is 38.5 Å². The van der Waals surface area contributed by atoms with Crippen LogP contribution < -0.4 is 9.62 Å². The SMILES string of the molecule is Cc1ccc(S(=O)(=O)NCCC2(Cl)C(=O)N(C)c3ccc(C)cc32)cc1. The van der Waals surface area contributed by atoms with Crippen LogP contribution in [-0.2, 0) is 19.7 Å². The number of anilines is 1. The van der Waals surface area contributed by atoms with E-state index in [1.54, 1.807) is 31.3 Å². The van der Waals surface area contributed by atoms with E-state index in [0.717, 1.165) is 22.4 Å². The van der Waals surface area contributed by atoms with Crippen molar-refractivity contribution in [3.05, 3.63) is 59.2 Å². The van der Waals surface area contributed by atoms with Crippen molar-refractivity contribution in [3.63, 3.8) is 0 Å². The second-order valence-corrected chi connectivity index (χ2v) is 9.06. The number of hydrogen-bond donors (Lipinski definition) is 1. The fourth-order valence-corrected chi connectivity index (χ4v) is 4.55. The van der Waals surface area contributed by atoms with Gasteiger partial charge >= 0.3 is 0 Å². The van der Waals surface area contributed by atoms with Crippen LogP contribution in [0.25, 0.3) is 0 Å². The van der Waals surface area contributed by atoms with Crippen molar-refractivity contribution in [1.29, 1.82) is 0 Å². The highest BCUT2D eigenvalue weighted by Crippen LogP contribution is 2.46. The molecule has 0 saturated heterocycles. The number of amides is 1. The highest BCUT2D eigenvalue weighted by atomic mass is 35.5. The lowest BCUT2D eigenvalue weighted by molar-refractivity contribution is -0.120. The summed E-state index contributed by atoms with van der Waals surface area (Å²) in [6.45, 7) is 3.88. The van der Waals surface area contributed by atoms with Crippen LogP contribution in [-0.4, -0.2) is 27.9 Å². The van der Waals surface area contributed by atoms with Gasteiger partial charge in [0, 0.05) is 24.8 Å². The van der Waals surface area contributed by atoms with Crippen molar-refractivity contribution in [3.8, 4) is 0 Å². The number of likely N-dealkylation sites (N-methyl/N-ethyl adjacent to an activating group) is 1. The van der Waals surface area contributed by atoms with Crippen LogP contribution in [0.1, 0.15) is 23.1 Å². The summed E-state index contributed by atoms with van der Waals surface area (Å²) in [4.78, 5) is 13.1. The summed E-state index contributed by atoms with van der Waals surface area (Å²) < 4.78 is 27.4. The van der Waals surface area contributed by atoms with Crippen molar-refractivity contribution in [2.24, 2.45) is 0 Å². The van der Waals surface area contributed by atoms with E-state index in [1.807, 2.05) is 32.0 Å². The van der Waals surface area contributed by atoms with E-state index in [0.29, 0.717) is 0 Å². The Bertz CT molecular complexity index is 957. The van der Waals surface area contributed by atoms with Crippen molar-refractivity contribution in [1.82, 2.24) is 4.72 Å². The van der Waals surface area contributed by atoms with Crippen molar-refractivity contribution in [2.75, 3.05) is 18.5 Å². The molecule has 1 unspecified atom stereocenters. The molecule has 138 valence electrons. The number of fused-ring (bicyclic) bond motifs is 1. The van der Waals surface area contributed by atoms with Gasteiger partial charge in [0.1, 0.15) is 0 Å². The fraction of sp³-hybridized carbons (Fsp3) is 0.316. The third kappa shape index (κ3) is 3.24. The third-order valence-electron chi connectivity index (χ3n) is 4.68. The van der Waals surface area contributed by atoms with E-state index in [9.17, 15) is 13.2 Å². The molecule has 2 aromatic rings. The van der Waals surface area contributed by atoms with E-state index >= 15 is 0 Å². The first-order valence-corrected chi connectivity index (χ1v) is 10.2. The van der Waals surface area contributed by atoms with Gasteiger partial charge in [-0.25, -0.2) is 13.1 Å². The lowest BCUT2D eigenvalue weighted by atomic mass is 9.95. The molecule has 1 N–H and O–H groups in total. The van der Waals surface area contributed by atoms with Crippen molar-refractivity contribution < 1.29 is 13.2 Å². The average molecular weight is 393 g/mol. The number of nitrogens with one attached hydrogen (secondary N) is 1. The van der Waals surface area contributed by atoms with Gasteiger partial charge in [0.15, 0.2) is 4.87 Å². The van der Waals surface area contributed by atoms with E-state index in [-0.39, 0.29) is 23.8 Å². The molecule has 0 fully saturated rings. The molecule has 0 bridgehead atoms. The van der Waals surface area contributed by atoms with Crippen LogP contribution in [0, 0.1) is 13.8 Å². The third-order valence-corrected chi connectivity index (χ3v) is 6.71. The average Bonchev–Trinajstić information content (AvgIpc) is 2.77. The molecule has 1 atom stereocenters. The minimum absolute atomic E-state index is 0.0622. The molecule has 0 radical (unpaired) electrons. The minimum Gasteiger partial charge on any atom is -0.313 e. The Kier molecular flexibility index (Phi) is 4.86. The maximum Gasteiger partial charge on any atom is 0.252 e. The number of benzene rings is 2. The molecule has 7 heteroatoms. The first kappa shape index (κ1) is 18.9. The van der Waals surface area contributed by atoms with E-state index in [4.69, 9.17) is 11.6 Å². The summed E-state index contributed by atoms with van der Waals surface area (Å²) in [5.74, 6) is -0.241. The highest BCUT2D eigenvalue weighted by Gasteiger charge is 2.48.